The van der Waals surface area contributed by atoms with Crippen LogP contribution < -0.4 is 10.6 Å². The highest BCUT2D eigenvalue weighted by Gasteiger charge is 2.01. The van der Waals surface area contributed by atoms with Gasteiger partial charge in [0.05, 0.1) is 13.1 Å². The summed E-state index contributed by atoms with van der Waals surface area (Å²) < 4.78 is 1.13. The number of aliphatic imine (C=N–C) groups is 1. The molecule has 2 N–H and O–H groups in total. The molecule has 19 heavy (non-hydrogen) atoms. The van der Waals surface area contributed by atoms with Crippen molar-refractivity contribution in [2.24, 2.45) is 4.99 Å². The van der Waals surface area contributed by atoms with Crippen molar-refractivity contribution in [2.45, 2.75) is 20.0 Å². The molecule has 2 rings (SSSR count). The fraction of sp³-hybridized carbons (Fsp3) is 0.308. The number of halogens is 1. The van der Waals surface area contributed by atoms with E-state index in [4.69, 9.17) is 0 Å². The van der Waals surface area contributed by atoms with Gasteiger partial charge in [0.1, 0.15) is 0 Å². The van der Waals surface area contributed by atoms with Crippen LogP contribution in [0.1, 0.15) is 17.4 Å². The van der Waals surface area contributed by atoms with E-state index in [1.165, 1.54) is 10.4 Å². The maximum Gasteiger partial charge on any atom is 0.191 e. The molecule has 0 aliphatic carbocycles. The van der Waals surface area contributed by atoms with Crippen LogP contribution in [0.2, 0.25) is 0 Å². The lowest BCUT2D eigenvalue weighted by Gasteiger charge is -2.10. The normalized spacial score (nSPS) is 11.6. The number of guanidine groups is 1. The van der Waals surface area contributed by atoms with Gasteiger partial charge in [0.2, 0.25) is 0 Å². The molecule has 3 nitrogen and oxygen atoms in total. The maximum absolute atomic E-state index is 4.57. The minimum absolute atomic E-state index is 0.715. The van der Waals surface area contributed by atoms with Crippen molar-refractivity contribution in [1.29, 1.82) is 0 Å². The summed E-state index contributed by atoms with van der Waals surface area (Å²) in [5.74, 6) is 0.859. The monoisotopic (exact) mass is 357 g/mol. The van der Waals surface area contributed by atoms with E-state index in [2.05, 4.69) is 66.8 Å². The van der Waals surface area contributed by atoms with E-state index in [1.807, 2.05) is 0 Å². The van der Waals surface area contributed by atoms with Crippen LogP contribution in [0, 0.1) is 0 Å². The van der Waals surface area contributed by atoms with Crippen LogP contribution in [0.3, 0.4) is 0 Å². The summed E-state index contributed by atoms with van der Waals surface area (Å²) in [7, 11) is 0. The molecule has 0 bridgehead atoms. The first-order valence-electron chi connectivity index (χ1n) is 6.04. The lowest BCUT2D eigenvalue weighted by Crippen LogP contribution is -2.36. The molecule has 0 unspecified atom stereocenters. The Hall–Kier alpha value is -0.850. The second-order valence-electron chi connectivity index (χ2n) is 3.91. The molecule has 0 atom stereocenters. The highest BCUT2D eigenvalue weighted by atomic mass is 79.9. The van der Waals surface area contributed by atoms with Gasteiger partial charge in [-0.2, -0.15) is 11.3 Å². The average molecular weight is 358 g/mol. The van der Waals surface area contributed by atoms with E-state index in [9.17, 15) is 0 Å². The molecule has 0 amide bonds. The zero-order valence-electron chi connectivity index (χ0n) is 10.6. The van der Waals surface area contributed by atoms with Gasteiger partial charge < -0.3 is 10.6 Å². The molecule has 2 aromatic heterocycles. The molecule has 0 aromatic carbocycles. The average Bonchev–Trinajstić information content (AvgIpc) is 3.04. The third-order valence-corrected chi connectivity index (χ3v) is 4.83. The minimum Gasteiger partial charge on any atom is -0.357 e. The molecule has 0 aliphatic heterocycles. The Bertz CT molecular complexity index is 520. The van der Waals surface area contributed by atoms with E-state index < -0.39 is 0 Å². The summed E-state index contributed by atoms with van der Waals surface area (Å²) >= 11 is 6.90. The standard InChI is InChI=1S/C13H16BrN3S2/c1-2-15-13(16-6-10-3-4-18-8-10)17-7-12-5-11(14)9-19-12/h3-5,8-9H,2,6-7H2,1H3,(H2,15,16,17). The third-order valence-electron chi connectivity index (χ3n) is 2.40. The number of hydrogen-bond acceptors (Lipinski definition) is 3. The molecule has 2 aromatic rings. The third kappa shape index (κ3) is 4.97. The fourth-order valence-electron chi connectivity index (χ4n) is 1.51. The van der Waals surface area contributed by atoms with E-state index in [0.717, 1.165) is 23.5 Å². The molecular formula is C13H16BrN3S2. The molecule has 0 saturated carbocycles. The Balaban J connectivity index is 1.89. The predicted molar refractivity (Wildman–Crippen MR) is 88.0 cm³/mol. The van der Waals surface area contributed by atoms with E-state index in [-0.39, 0.29) is 0 Å². The smallest absolute Gasteiger partial charge is 0.191 e. The lowest BCUT2D eigenvalue weighted by molar-refractivity contribution is 0.824. The van der Waals surface area contributed by atoms with Crippen LogP contribution in [0.4, 0.5) is 0 Å². The molecule has 2 heterocycles. The largest absolute Gasteiger partial charge is 0.357 e. The number of nitrogens with zero attached hydrogens (tertiary/aromatic N) is 1. The molecule has 0 radical (unpaired) electrons. The molecule has 0 spiro atoms. The quantitative estimate of drug-likeness (QED) is 0.630. The van der Waals surface area contributed by atoms with E-state index >= 15 is 0 Å². The zero-order valence-corrected chi connectivity index (χ0v) is 13.9. The maximum atomic E-state index is 4.57. The van der Waals surface area contributed by atoms with Crippen molar-refractivity contribution in [3.05, 3.63) is 43.2 Å². The van der Waals surface area contributed by atoms with Crippen molar-refractivity contribution in [3.63, 3.8) is 0 Å². The topological polar surface area (TPSA) is 36.4 Å². The molecule has 6 heteroatoms. The van der Waals surface area contributed by atoms with Gasteiger partial charge in [0, 0.05) is 21.3 Å². The van der Waals surface area contributed by atoms with Crippen LogP contribution in [0.25, 0.3) is 0 Å². The van der Waals surface area contributed by atoms with Crippen LogP contribution >= 0.6 is 38.6 Å². The number of nitrogens with one attached hydrogen (secondary N) is 2. The summed E-state index contributed by atoms with van der Waals surface area (Å²) in [4.78, 5) is 5.86. The highest BCUT2D eigenvalue weighted by Crippen LogP contribution is 2.19. The lowest BCUT2D eigenvalue weighted by atomic mass is 10.3. The van der Waals surface area contributed by atoms with Gasteiger partial charge in [-0.05, 0) is 51.3 Å². The van der Waals surface area contributed by atoms with Gasteiger partial charge in [-0.25, -0.2) is 4.99 Å². The van der Waals surface area contributed by atoms with Gasteiger partial charge in [0.15, 0.2) is 5.96 Å². The fourth-order valence-corrected chi connectivity index (χ4v) is 3.56. The van der Waals surface area contributed by atoms with Crippen molar-refractivity contribution >= 4 is 44.6 Å². The van der Waals surface area contributed by atoms with Crippen LogP contribution in [0.5, 0.6) is 0 Å². The number of hydrogen-bond donors (Lipinski definition) is 2. The van der Waals surface area contributed by atoms with Crippen molar-refractivity contribution < 1.29 is 0 Å². The van der Waals surface area contributed by atoms with Crippen molar-refractivity contribution in [3.8, 4) is 0 Å². The molecule has 0 saturated heterocycles. The first-order valence-corrected chi connectivity index (χ1v) is 8.65. The first-order chi connectivity index (χ1) is 9.28. The minimum atomic E-state index is 0.715. The Morgan fingerprint density at radius 3 is 2.89 bits per heavy atom. The summed E-state index contributed by atoms with van der Waals surface area (Å²) in [5.41, 5.74) is 1.25. The highest BCUT2D eigenvalue weighted by molar-refractivity contribution is 9.10. The summed E-state index contributed by atoms with van der Waals surface area (Å²) in [6, 6.07) is 4.23. The second kappa shape index (κ2) is 7.67. The van der Waals surface area contributed by atoms with Crippen LogP contribution in [-0.2, 0) is 13.1 Å². The molecular weight excluding hydrogens is 342 g/mol. The molecule has 0 aliphatic rings. The Morgan fingerprint density at radius 2 is 2.26 bits per heavy atom. The molecule has 102 valence electrons. The number of thiophene rings is 2. The van der Waals surface area contributed by atoms with Crippen LogP contribution in [0.15, 0.2) is 37.7 Å². The van der Waals surface area contributed by atoms with Crippen molar-refractivity contribution in [2.75, 3.05) is 6.54 Å². The Kier molecular flexibility index (Phi) is 5.88. The van der Waals surface area contributed by atoms with Gasteiger partial charge in [-0.15, -0.1) is 11.3 Å². The first kappa shape index (κ1) is 14.6. The second-order valence-corrected chi connectivity index (χ2v) is 6.60. The summed E-state index contributed by atoms with van der Waals surface area (Å²) in [5, 5.41) is 12.9. The molecule has 0 fully saturated rings. The zero-order chi connectivity index (χ0) is 13.5. The van der Waals surface area contributed by atoms with Crippen molar-refractivity contribution in [1.82, 2.24) is 10.6 Å². The van der Waals surface area contributed by atoms with Gasteiger partial charge >= 0.3 is 0 Å². The van der Waals surface area contributed by atoms with Gasteiger partial charge in [-0.3, -0.25) is 0 Å². The number of rotatable bonds is 5. The van der Waals surface area contributed by atoms with E-state index in [0.29, 0.717) is 6.54 Å². The van der Waals surface area contributed by atoms with E-state index in [1.54, 1.807) is 22.7 Å². The predicted octanol–water partition coefficient (Wildman–Crippen LogP) is 3.83. The Labute approximate surface area is 129 Å². The SMILES string of the molecule is CCNC(=NCc1ccsc1)NCc1cc(Br)cs1. The summed E-state index contributed by atoms with van der Waals surface area (Å²) in [6.45, 7) is 4.45. The van der Waals surface area contributed by atoms with Gasteiger partial charge in [-0.1, -0.05) is 0 Å². The summed E-state index contributed by atoms with van der Waals surface area (Å²) in [6.07, 6.45) is 0. The van der Waals surface area contributed by atoms with Gasteiger partial charge in [0.25, 0.3) is 0 Å². The van der Waals surface area contributed by atoms with Crippen LogP contribution in [-0.4, -0.2) is 12.5 Å². The Morgan fingerprint density at radius 1 is 1.37 bits per heavy atom.